The molecule has 0 aromatic heterocycles. The molecule has 0 aromatic rings. The van der Waals surface area contributed by atoms with Crippen LogP contribution in [-0.2, 0) is 9.53 Å². The maximum absolute atomic E-state index is 12.5. The third-order valence-electron chi connectivity index (χ3n) is 3.85. The number of aliphatic hydroxyl groups is 1. The molecule has 1 saturated heterocycles. The molecule has 0 bridgehead atoms. The Bertz CT molecular complexity index is 271. The van der Waals surface area contributed by atoms with Crippen molar-refractivity contribution in [2.75, 3.05) is 26.4 Å². The molecular formula is C12H22N2O3. The molecule has 1 saturated carbocycles. The third kappa shape index (κ3) is 2.61. The van der Waals surface area contributed by atoms with Crippen molar-refractivity contribution in [3.8, 4) is 0 Å². The Labute approximate surface area is 102 Å². The van der Waals surface area contributed by atoms with Gasteiger partial charge in [-0.3, -0.25) is 4.79 Å². The van der Waals surface area contributed by atoms with E-state index in [9.17, 15) is 4.79 Å². The molecule has 1 aliphatic heterocycles. The fourth-order valence-corrected chi connectivity index (χ4v) is 2.81. The molecule has 17 heavy (non-hydrogen) atoms. The van der Waals surface area contributed by atoms with Crippen molar-refractivity contribution in [3.63, 3.8) is 0 Å². The van der Waals surface area contributed by atoms with E-state index in [4.69, 9.17) is 15.6 Å². The van der Waals surface area contributed by atoms with Crippen molar-refractivity contribution in [2.24, 2.45) is 5.73 Å². The van der Waals surface area contributed by atoms with Crippen LogP contribution in [0.1, 0.15) is 32.1 Å². The Balaban J connectivity index is 2.06. The zero-order chi connectivity index (χ0) is 12.3. The topological polar surface area (TPSA) is 75.8 Å². The SMILES string of the molecule is NC1(C(=O)N(CCO)C2CCCC2)CCOC1. The van der Waals surface area contributed by atoms with Gasteiger partial charge in [0, 0.05) is 19.2 Å². The van der Waals surface area contributed by atoms with Crippen molar-refractivity contribution < 1.29 is 14.6 Å². The lowest BCUT2D eigenvalue weighted by molar-refractivity contribution is -0.140. The second kappa shape index (κ2) is 5.33. The average molecular weight is 242 g/mol. The summed E-state index contributed by atoms with van der Waals surface area (Å²) >= 11 is 0. The smallest absolute Gasteiger partial charge is 0.245 e. The van der Waals surface area contributed by atoms with Crippen LogP contribution in [0.25, 0.3) is 0 Å². The van der Waals surface area contributed by atoms with Crippen LogP contribution in [0, 0.1) is 0 Å². The molecule has 1 aliphatic carbocycles. The number of hydrogen-bond acceptors (Lipinski definition) is 4. The summed E-state index contributed by atoms with van der Waals surface area (Å²) in [5.41, 5.74) is 5.24. The zero-order valence-electron chi connectivity index (χ0n) is 10.2. The number of rotatable bonds is 4. The largest absolute Gasteiger partial charge is 0.395 e. The number of hydrogen-bond donors (Lipinski definition) is 2. The predicted octanol–water partition coefficient (Wildman–Crippen LogP) is -0.132. The van der Waals surface area contributed by atoms with Crippen molar-refractivity contribution in [1.29, 1.82) is 0 Å². The maximum Gasteiger partial charge on any atom is 0.245 e. The summed E-state index contributed by atoms with van der Waals surface area (Å²) in [7, 11) is 0. The molecule has 2 aliphatic rings. The molecular weight excluding hydrogens is 220 g/mol. The Morgan fingerprint density at radius 3 is 2.71 bits per heavy atom. The number of ether oxygens (including phenoxy) is 1. The number of carbonyl (C=O) groups excluding carboxylic acids is 1. The van der Waals surface area contributed by atoms with Crippen molar-refractivity contribution in [1.82, 2.24) is 4.90 Å². The van der Waals surface area contributed by atoms with E-state index in [1.54, 1.807) is 4.90 Å². The van der Waals surface area contributed by atoms with Crippen molar-refractivity contribution in [3.05, 3.63) is 0 Å². The molecule has 5 nitrogen and oxygen atoms in total. The number of aliphatic hydroxyl groups excluding tert-OH is 1. The predicted molar refractivity (Wildman–Crippen MR) is 63.4 cm³/mol. The maximum atomic E-state index is 12.5. The lowest BCUT2D eigenvalue weighted by atomic mass is 9.97. The molecule has 1 heterocycles. The zero-order valence-corrected chi connectivity index (χ0v) is 10.2. The Hall–Kier alpha value is -0.650. The summed E-state index contributed by atoms with van der Waals surface area (Å²) in [6, 6.07) is 0.260. The van der Waals surface area contributed by atoms with Crippen LogP contribution in [-0.4, -0.2) is 53.9 Å². The molecule has 2 fully saturated rings. The molecule has 2 rings (SSSR count). The summed E-state index contributed by atoms with van der Waals surface area (Å²) in [5.74, 6) is -0.0454. The van der Waals surface area contributed by atoms with E-state index >= 15 is 0 Å². The van der Waals surface area contributed by atoms with Gasteiger partial charge in [0.2, 0.25) is 5.91 Å². The van der Waals surface area contributed by atoms with E-state index in [0.717, 1.165) is 25.7 Å². The summed E-state index contributed by atoms with van der Waals surface area (Å²) < 4.78 is 5.24. The molecule has 3 N–H and O–H groups in total. The molecule has 0 aromatic carbocycles. The van der Waals surface area contributed by atoms with Gasteiger partial charge in [-0.15, -0.1) is 0 Å². The highest BCUT2D eigenvalue weighted by molar-refractivity contribution is 5.87. The molecule has 5 heteroatoms. The minimum atomic E-state index is -0.863. The van der Waals surface area contributed by atoms with E-state index < -0.39 is 5.54 Å². The number of nitrogens with two attached hydrogens (primary N) is 1. The second-order valence-electron chi connectivity index (χ2n) is 5.12. The minimum absolute atomic E-state index is 0.000816. The first kappa shape index (κ1) is 12.8. The highest BCUT2D eigenvalue weighted by Gasteiger charge is 2.43. The van der Waals surface area contributed by atoms with Gasteiger partial charge in [-0.05, 0) is 19.3 Å². The number of nitrogens with zero attached hydrogens (tertiary/aromatic N) is 1. The Morgan fingerprint density at radius 1 is 1.47 bits per heavy atom. The molecule has 1 atom stereocenters. The van der Waals surface area contributed by atoms with E-state index in [-0.39, 0.29) is 18.6 Å². The standard InChI is InChI=1S/C12H22N2O3/c13-12(5-8-17-9-12)11(16)14(6-7-15)10-3-1-2-4-10/h10,15H,1-9,13H2. The van der Waals surface area contributed by atoms with Crippen LogP contribution < -0.4 is 5.73 Å². The first-order valence-corrected chi connectivity index (χ1v) is 6.46. The van der Waals surface area contributed by atoms with E-state index in [1.165, 1.54) is 0 Å². The fourth-order valence-electron chi connectivity index (χ4n) is 2.81. The average Bonchev–Trinajstić information content (AvgIpc) is 2.96. The summed E-state index contributed by atoms with van der Waals surface area (Å²) in [6.45, 7) is 1.25. The lowest BCUT2D eigenvalue weighted by Crippen LogP contribution is -2.58. The van der Waals surface area contributed by atoms with Crippen molar-refractivity contribution in [2.45, 2.75) is 43.7 Å². The Kier molecular flexibility index (Phi) is 4.01. The van der Waals surface area contributed by atoms with E-state index in [0.29, 0.717) is 26.2 Å². The van der Waals surface area contributed by atoms with Gasteiger partial charge in [-0.1, -0.05) is 12.8 Å². The summed E-state index contributed by atoms with van der Waals surface area (Å²) in [5, 5.41) is 9.11. The molecule has 0 radical (unpaired) electrons. The summed E-state index contributed by atoms with van der Waals surface area (Å²) in [6.07, 6.45) is 4.97. The third-order valence-corrected chi connectivity index (χ3v) is 3.85. The van der Waals surface area contributed by atoms with Gasteiger partial charge in [0.05, 0.1) is 13.2 Å². The first-order chi connectivity index (χ1) is 8.17. The van der Waals surface area contributed by atoms with Crippen LogP contribution in [0.15, 0.2) is 0 Å². The first-order valence-electron chi connectivity index (χ1n) is 6.46. The monoisotopic (exact) mass is 242 g/mol. The van der Waals surface area contributed by atoms with Gasteiger partial charge in [-0.2, -0.15) is 0 Å². The van der Waals surface area contributed by atoms with Crippen LogP contribution in [0.4, 0.5) is 0 Å². The highest BCUT2D eigenvalue weighted by atomic mass is 16.5. The lowest BCUT2D eigenvalue weighted by Gasteiger charge is -2.34. The molecule has 1 amide bonds. The van der Waals surface area contributed by atoms with Gasteiger partial charge >= 0.3 is 0 Å². The van der Waals surface area contributed by atoms with Crippen LogP contribution in [0.5, 0.6) is 0 Å². The number of amides is 1. The van der Waals surface area contributed by atoms with E-state index in [2.05, 4.69) is 0 Å². The van der Waals surface area contributed by atoms with Gasteiger partial charge in [0.1, 0.15) is 5.54 Å². The molecule has 1 unspecified atom stereocenters. The van der Waals surface area contributed by atoms with Crippen LogP contribution >= 0.6 is 0 Å². The highest BCUT2D eigenvalue weighted by Crippen LogP contribution is 2.27. The quantitative estimate of drug-likeness (QED) is 0.720. The second-order valence-corrected chi connectivity index (χ2v) is 5.12. The van der Waals surface area contributed by atoms with Crippen LogP contribution in [0.2, 0.25) is 0 Å². The van der Waals surface area contributed by atoms with Crippen LogP contribution in [0.3, 0.4) is 0 Å². The van der Waals surface area contributed by atoms with Gasteiger partial charge < -0.3 is 20.5 Å². The van der Waals surface area contributed by atoms with Crippen molar-refractivity contribution >= 4 is 5.91 Å². The van der Waals surface area contributed by atoms with Gasteiger partial charge in [-0.25, -0.2) is 0 Å². The van der Waals surface area contributed by atoms with Gasteiger partial charge in [0.25, 0.3) is 0 Å². The summed E-state index contributed by atoms with van der Waals surface area (Å²) in [4.78, 5) is 14.2. The molecule has 98 valence electrons. The Morgan fingerprint density at radius 2 is 2.18 bits per heavy atom. The molecule has 0 spiro atoms. The fraction of sp³-hybridized carbons (Fsp3) is 0.917. The van der Waals surface area contributed by atoms with Gasteiger partial charge in [0.15, 0.2) is 0 Å². The normalized spacial score (nSPS) is 29.8. The van der Waals surface area contributed by atoms with E-state index in [1.807, 2.05) is 0 Å². The number of carbonyl (C=O) groups is 1. The minimum Gasteiger partial charge on any atom is -0.395 e.